The average Bonchev–Trinajstić information content (AvgIpc) is 3.48. The monoisotopic (exact) mass is 477 g/mol. The molecule has 4 amide bonds. The van der Waals surface area contributed by atoms with Crippen LogP contribution < -0.4 is 21.3 Å². The Kier molecular flexibility index (Phi) is 12.6. The van der Waals surface area contributed by atoms with Gasteiger partial charge in [-0.3, -0.25) is 19.2 Å². The van der Waals surface area contributed by atoms with E-state index >= 15 is 0 Å². The molecule has 0 aromatic heterocycles. The van der Waals surface area contributed by atoms with Gasteiger partial charge >= 0.3 is 0 Å². The quantitative estimate of drug-likeness (QED) is 0.403. The summed E-state index contributed by atoms with van der Waals surface area (Å²) in [6, 6.07) is 0.0169. The second kappa shape index (κ2) is 14.6. The van der Waals surface area contributed by atoms with E-state index in [1.54, 1.807) is 27.7 Å². The van der Waals surface area contributed by atoms with Gasteiger partial charge in [-0.05, 0) is 38.5 Å². The summed E-state index contributed by atoms with van der Waals surface area (Å²) in [6.07, 6.45) is 7.78. The van der Waals surface area contributed by atoms with Gasteiger partial charge in [0.15, 0.2) is 0 Å². The van der Waals surface area contributed by atoms with E-state index in [1.807, 2.05) is 13.0 Å². The molecule has 3 atom stereocenters. The molecule has 0 radical (unpaired) electrons. The highest BCUT2D eigenvalue weighted by Crippen LogP contribution is 2.28. The number of hydrogen-bond acceptors (Lipinski definition) is 5. The third-order valence-electron chi connectivity index (χ3n) is 6.06. The van der Waals surface area contributed by atoms with Gasteiger partial charge in [0.2, 0.25) is 23.6 Å². The zero-order valence-electron chi connectivity index (χ0n) is 21.5. The summed E-state index contributed by atoms with van der Waals surface area (Å²) in [5, 5.41) is 20.0. The predicted octanol–water partition coefficient (Wildman–Crippen LogP) is 2.31. The number of hydrogen-bond donors (Lipinski definition) is 4. The lowest BCUT2D eigenvalue weighted by Gasteiger charge is -2.28. The predicted molar refractivity (Wildman–Crippen MR) is 130 cm³/mol. The summed E-state index contributed by atoms with van der Waals surface area (Å²) >= 11 is 0. The first-order valence-electron chi connectivity index (χ1n) is 12.6. The van der Waals surface area contributed by atoms with E-state index in [0.29, 0.717) is 6.42 Å². The molecule has 9 heteroatoms. The minimum atomic E-state index is -0.679. The fraction of sp³-hybridized carbons (Fsp3) is 0.800. The number of rotatable bonds is 9. The second-order valence-corrected chi connectivity index (χ2v) is 10.3. The number of nitrogens with one attached hydrogen (secondary N) is 4. The van der Waals surface area contributed by atoms with E-state index in [4.69, 9.17) is 5.26 Å². The van der Waals surface area contributed by atoms with Crippen LogP contribution in [0.2, 0.25) is 0 Å². The zero-order valence-corrected chi connectivity index (χ0v) is 21.5. The molecule has 0 spiro atoms. The van der Waals surface area contributed by atoms with E-state index in [2.05, 4.69) is 21.3 Å². The van der Waals surface area contributed by atoms with Crippen LogP contribution in [0.25, 0.3) is 0 Å². The largest absolute Gasteiger partial charge is 0.356 e. The van der Waals surface area contributed by atoms with Crippen LogP contribution in [0.5, 0.6) is 0 Å². The minimum Gasteiger partial charge on any atom is -0.356 e. The molecule has 2 rings (SSSR count). The van der Waals surface area contributed by atoms with Gasteiger partial charge in [0.25, 0.3) is 0 Å². The Morgan fingerprint density at radius 1 is 1.09 bits per heavy atom. The Bertz CT molecular complexity index is 727. The van der Waals surface area contributed by atoms with E-state index in [9.17, 15) is 19.2 Å². The van der Waals surface area contributed by atoms with E-state index in [1.165, 1.54) is 0 Å². The standard InChI is InChI=1S/C21H36N4O3.C4H7NO/c1-6-7-12-16(24-20(28)21(3,4)5)18(26)25-17(15-10-8-9-11-15)19(27)23-14(2)13-22;6-4-2-1-3-5-4/h14-17H,6-12H2,1-5H3,(H,23,27)(H,24,28)(H,25,26);1-3H2,(H,5,6)/t14?,16-,17?;/m0./s1. The van der Waals surface area contributed by atoms with Crippen LogP contribution in [0.3, 0.4) is 0 Å². The Balaban J connectivity index is 0.000000830. The molecule has 1 aliphatic heterocycles. The molecule has 34 heavy (non-hydrogen) atoms. The molecule has 9 nitrogen and oxygen atoms in total. The molecule has 2 unspecified atom stereocenters. The Labute approximate surface area is 204 Å². The fourth-order valence-electron chi connectivity index (χ4n) is 3.89. The number of carbonyl (C=O) groups excluding carboxylic acids is 4. The number of unbranched alkanes of at least 4 members (excludes halogenated alkanes) is 1. The van der Waals surface area contributed by atoms with Crippen molar-refractivity contribution in [2.24, 2.45) is 11.3 Å². The molecule has 4 N–H and O–H groups in total. The molecule has 1 heterocycles. The van der Waals surface area contributed by atoms with Crippen LogP contribution in [0.4, 0.5) is 0 Å². The van der Waals surface area contributed by atoms with Crippen LogP contribution in [0.1, 0.15) is 92.4 Å². The highest BCUT2D eigenvalue weighted by Gasteiger charge is 2.35. The number of carbonyl (C=O) groups is 4. The lowest BCUT2D eigenvalue weighted by Crippen LogP contribution is -2.57. The van der Waals surface area contributed by atoms with Gasteiger partial charge in [-0.2, -0.15) is 5.26 Å². The smallest absolute Gasteiger partial charge is 0.243 e. The molecule has 2 aliphatic rings. The fourth-order valence-corrected chi connectivity index (χ4v) is 3.89. The molecular formula is C25H43N5O4. The molecule has 1 saturated carbocycles. The summed E-state index contributed by atoms with van der Waals surface area (Å²) < 4.78 is 0. The van der Waals surface area contributed by atoms with Crippen LogP contribution in [-0.2, 0) is 19.2 Å². The Morgan fingerprint density at radius 3 is 2.18 bits per heavy atom. The summed E-state index contributed by atoms with van der Waals surface area (Å²) in [6.45, 7) is 9.93. The first-order chi connectivity index (χ1) is 16.0. The van der Waals surface area contributed by atoms with Gasteiger partial charge in [-0.25, -0.2) is 0 Å². The van der Waals surface area contributed by atoms with Gasteiger partial charge in [-0.1, -0.05) is 53.4 Å². The van der Waals surface area contributed by atoms with Crippen molar-refractivity contribution in [3.05, 3.63) is 0 Å². The first-order valence-corrected chi connectivity index (χ1v) is 12.6. The highest BCUT2D eigenvalue weighted by molar-refractivity contribution is 5.93. The zero-order chi connectivity index (χ0) is 25.7. The maximum absolute atomic E-state index is 13.0. The number of amides is 4. The lowest BCUT2D eigenvalue weighted by molar-refractivity contribution is -0.135. The number of nitrogens with zero attached hydrogens (tertiary/aromatic N) is 1. The second-order valence-electron chi connectivity index (χ2n) is 10.3. The Morgan fingerprint density at radius 2 is 1.74 bits per heavy atom. The highest BCUT2D eigenvalue weighted by atomic mass is 16.2. The molecule has 192 valence electrons. The van der Waals surface area contributed by atoms with E-state index < -0.39 is 23.5 Å². The van der Waals surface area contributed by atoms with Crippen molar-refractivity contribution in [2.75, 3.05) is 6.54 Å². The summed E-state index contributed by atoms with van der Waals surface area (Å²) in [5.74, 6) is -0.591. The molecule has 2 fully saturated rings. The van der Waals surface area contributed by atoms with Crippen molar-refractivity contribution in [1.29, 1.82) is 5.26 Å². The summed E-state index contributed by atoms with van der Waals surface area (Å²) in [4.78, 5) is 48.2. The van der Waals surface area contributed by atoms with Crippen molar-refractivity contribution in [2.45, 2.75) is 111 Å². The van der Waals surface area contributed by atoms with Crippen LogP contribution in [0, 0.1) is 22.7 Å². The SMILES string of the molecule is CCCC[C@H](NC(=O)C(C)(C)C)C(=O)NC(C(=O)NC(C)C#N)C1CCCC1.O=C1CCCN1. The van der Waals surface area contributed by atoms with Crippen molar-refractivity contribution in [3.8, 4) is 6.07 Å². The normalized spacial score (nSPS) is 18.4. The lowest BCUT2D eigenvalue weighted by atomic mass is 9.94. The summed E-state index contributed by atoms with van der Waals surface area (Å²) in [7, 11) is 0. The maximum atomic E-state index is 13.0. The molecular weight excluding hydrogens is 434 g/mol. The van der Waals surface area contributed by atoms with Crippen molar-refractivity contribution in [1.82, 2.24) is 21.3 Å². The van der Waals surface area contributed by atoms with E-state index in [-0.39, 0.29) is 29.5 Å². The first kappa shape index (κ1) is 29.4. The van der Waals surface area contributed by atoms with Gasteiger partial charge in [-0.15, -0.1) is 0 Å². The summed E-state index contributed by atoms with van der Waals surface area (Å²) in [5.41, 5.74) is -0.602. The van der Waals surface area contributed by atoms with Gasteiger partial charge in [0, 0.05) is 18.4 Å². The van der Waals surface area contributed by atoms with Crippen molar-refractivity contribution >= 4 is 23.6 Å². The molecule has 1 aliphatic carbocycles. The maximum Gasteiger partial charge on any atom is 0.243 e. The molecule has 0 bridgehead atoms. The van der Waals surface area contributed by atoms with Crippen molar-refractivity contribution in [3.63, 3.8) is 0 Å². The third kappa shape index (κ3) is 10.5. The average molecular weight is 478 g/mol. The number of nitriles is 1. The van der Waals surface area contributed by atoms with Gasteiger partial charge < -0.3 is 21.3 Å². The Hall–Kier alpha value is -2.63. The van der Waals surface area contributed by atoms with Gasteiger partial charge in [0.1, 0.15) is 18.1 Å². The van der Waals surface area contributed by atoms with Gasteiger partial charge in [0.05, 0.1) is 6.07 Å². The van der Waals surface area contributed by atoms with E-state index in [0.717, 1.165) is 57.9 Å². The topological polar surface area (TPSA) is 140 Å². The third-order valence-corrected chi connectivity index (χ3v) is 6.06. The van der Waals surface area contributed by atoms with Crippen LogP contribution in [-0.4, -0.2) is 48.3 Å². The van der Waals surface area contributed by atoms with Crippen molar-refractivity contribution < 1.29 is 19.2 Å². The molecule has 1 saturated heterocycles. The molecule has 0 aromatic rings. The van der Waals surface area contributed by atoms with Crippen LogP contribution in [0.15, 0.2) is 0 Å². The van der Waals surface area contributed by atoms with Crippen LogP contribution >= 0.6 is 0 Å². The minimum absolute atomic E-state index is 0.0555. The molecule has 0 aromatic carbocycles.